The van der Waals surface area contributed by atoms with E-state index in [-0.39, 0.29) is 5.75 Å². The van der Waals surface area contributed by atoms with Crippen LogP contribution < -0.4 is 10.5 Å². The first-order valence-corrected chi connectivity index (χ1v) is 5.18. The van der Waals surface area contributed by atoms with E-state index in [0.717, 1.165) is 17.5 Å². The van der Waals surface area contributed by atoms with E-state index in [4.69, 9.17) is 10.5 Å². The van der Waals surface area contributed by atoms with Crippen LogP contribution >= 0.6 is 0 Å². The van der Waals surface area contributed by atoms with Crippen LogP contribution in [-0.2, 0) is 0 Å². The molecule has 1 unspecified atom stereocenters. The number of benzene rings is 1. The van der Waals surface area contributed by atoms with Crippen molar-refractivity contribution in [2.45, 2.75) is 26.2 Å². The Balaban J connectivity index is 3.12. The van der Waals surface area contributed by atoms with Crippen molar-refractivity contribution in [2.24, 2.45) is 5.73 Å². The standard InChI is InChI=1S/C12H19NO2/c1-8(6-7-13)10-5-4-9(2)11(14)12(10)15-3/h4-5,8,14H,6-7,13H2,1-3H3. The summed E-state index contributed by atoms with van der Waals surface area (Å²) in [6.07, 6.45) is 0.888. The summed E-state index contributed by atoms with van der Waals surface area (Å²) in [5.41, 5.74) is 7.37. The fourth-order valence-electron chi connectivity index (χ4n) is 1.69. The Bertz CT molecular complexity index is 337. The van der Waals surface area contributed by atoms with Crippen LogP contribution in [0.1, 0.15) is 30.4 Å². The van der Waals surface area contributed by atoms with E-state index in [2.05, 4.69) is 6.92 Å². The molecule has 1 aromatic carbocycles. The molecule has 0 aliphatic heterocycles. The van der Waals surface area contributed by atoms with E-state index in [0.29, 0.717) is 18.2 Å². The summed E-state index contributed by atoms with van der Waals surface area (Å²) >= 11 is 0. The van der Waals surface area contributed by atoms with Crippen LogP contribution in [-0.4, -0.2) is 18.8 Å². The number of aromatic hydroxyl groups is 1. The molecule has 15 heavy (non-hydrogen) atoms. The number of nitrogens with two attached hydrogens (primary N) is 1. The van der Waals surface area contributed by atoms with E-state index in [1.807, 2.05) is 19.1 Å². The van der Waals surface area contributed by atoms with Gasteiger partial charge in [-0.25, -0.2) is 0 Å². The second kappa shape index (κ2) is 5.03. The van der Waals surface area contributed by atoms with Gasteiger partial charge in [-0.05, 0) is 31.4 Å². The van der Waals surface area contributed by atoms with Crippen molar-refractivity contribution in [2.75, 3.05) is 13.7 Å². The van der Waals surface area contributed by atoms with Gasteiger partial charge in [-0.2, -0.15) is 0 Å². The van der Waals surface area contributed by atoms with Gasteiger partial charge in [0.1, 0.15) is 0 Å². The lowest BCUT2D eigenvalue weighted by Gasteiger charge is -2.17. The van der Waals surface area contributed by atoms with Crippen LogP contribution in [0.25, 0.3) is 0 Å². The predicted molar refractivity (Wildman–Crippen MR) is 61.5 cm³/mol. The lowest BCUT2D eigenvalue weighted by Crippen LogP contribution is -2.06. The minimum atomic E-state index is 0.235. The molecule has 0 spiro atoms. The molecule has 3 N–H and O–H groups in total. The van der Waals surface area contributed by atoms with Crippen LogP contribution in [0.2, 0.25) is 0 Å². The Kier molecular flexibility index (Phi) is 3.97. The van der Waals surface area contributed by atoms with Crippen molar-refractivity contribution in [3.63, 3.8) is 0 Å². The van der Waals surface area contributed by atoms with Crippen molar-refractivity contribution >= 4 is 0 Å². The third kappa shape index (κ3) is 2.42. The van der Waals surface area contributed by atoms with Gasteiger partial charge in [0.05, 0.1) is 7.11 Å². The van der Waals surface area contributed by atoms with Crippen molar-refractivity contribution in [3.8, 4) is 11.5 Å². The number of methoxy groups -OCH3 is 1. The topological polar surface area (TPSA) is 55.5 Å². The van der Waals surface area contributed by atoms with Gasteiger partial charge < -0.3 is 15.6 Å². The highest BCUT2D eigenvalue weighted by Gasteiger charge is 2.15. The quantitative estimate of drug-likeness (QED) is 0.799. The fraction of sp³-hybridized carbons (Fsp3) is 0.500. The number of hydrogen-bond acceptors (Lipinski definition) is 3. The smallest absolute Gasteiger partial charge is 0.164 e. The Morgan fingerprint density at radius 1 is 1.47 bits per heavy atom. The highest BCUT2D eigenvalue weighted by molar-refractivity contribution is 5.51. The van der Waals surface area contributed by atoms with Crippen LogP contribution in [0.4, 0.5) is 0 Å². The molecule has 0 amide bonds. The van der Waals surface area contributed by atoms with E-state index >= 15 is 0 Å². The molecule has 0 saturated carbocycles. The first kappa shape index (κ1) is 11.9. The van der Waals surface area contributed by atoms with Crippen molar-refractivity contribution in [3.05, 3.63) is 23.3 Å². The third-order valence-electron chi connectivity index (χ3n) is 2.70. The molecular formula is C12H19NO2. The zero-order valence-corrected chi connectivity index (χ0v) is 9.58. The molecule has 0 aliphatic carbocycles. The van der Waals surface area contributed by atoms with Gasteiger partial charge in [-0.3, -0.25) is 0 Å². The van der Waals surface area contributed by atoms with Gasteiger partial charge in [0.15, 0.2) is 11.5 Å². The van der Waals surface area contributed by atoms with Gasteiger partial charge in [0.2, 0.25) is 0 Å². The number of phenolic OH excluding ortho intramolecular Hbond substituents is 1. The average Bonchev–Trinajstić information content (AvgIpc) is 2.22. The first-order chi connectivity index (χ1) is 7.11. The Morgan fingerprint density at radius 2 is 2.13 bits per heavy atom. The fourth-order valence-corrected chi connectivity index (χ4v) is 1.69. The molecule has 0 aliphatic rings. The van der Waals surface area contributed by atoms with Crippen LogP contribution in [0.15, 0.2) is 12.1 Å². The maximum Gasteiger partial charge on any atom is 0.164 e. The van der Waals surface area contributed by atoms with Crippen LogP contribution in [0, 0.1) is 6.92 Å². The van der Waals surface area contributed by atoms with Gasteiger partial charge >= 0.3 is 0 Å². The maximum absolute atomic E-state index is 9.84. The lowest BCUT2D eigenvalue weighted by atomic mass is 9.95. The zero-order chi connectivity index (χ0) is 11.4. The van der Waals surface area contributed by atoms with Crippen molar-refractivity contribution in [1.29, 1.82) is 0 Å². The molecule has 1 rings (SSSR count). The second-order valence-electron chi connectivity index (χ2n) is 3.83. The van der Waals surface area contributed by atoms with Crippen LogP contribution in [0.3, 0.4) is 0 Å². The summed E-state index contributed by atoms with van der Waals surface area (Å²) < 4.78 is 5.23. The third-order valence-corrected chi connectivity index (χ3v) is 2.70. The average molecular weight is 209 g/mol. The van der Waals surface area contributed by atoms with E-state index in [1.165, 1.54) is 0 Å². The summed E-state index contributed by atoms with van der Waals surface area (Å²) in [6.45, 7) is 4.58. The van der Waals surface area contributed by atoms with Gasteiger partial charge in [-0.1, -0.05) is 19.1 Å². The summed E-state index contributed by atoms with van der Waals surface area (Å²) in [5, 5.41) is 9.84. The number of ether oxygens (including phenoxy) is 1. The molecule has 0 fully saturated rings. The number of phenols is 1. The highest BCUT2D eigenvalue weighted by Crippen LogP contribution is 2.37. The minimum absolute atomic E-state index is 0.235. The minimum Gasteiger partial charge on any atom is -0.504 e. The first-order valence-electron chi connectivity index (χ1n) is 5.18. The molecule has 0 radical (unpaired) electrons. The van der Waals surface area contributed by atoms with E-state index in [1.54, 1.807) is 7.11 Å². The van der Waals surface area contributed by atoms with E-state index in [9.17, 15) is 5.11 Å². The molecule has 1 aromatic rings. The van der Waals surface area contributed by atoms with Gasteiger partial charge in [0, 0.05) is 5.56 Å². The SMILES string of the molecule is COc1c(C(C)CCN)ccc(C)c1O. The molecule has 0 aromatic heterocycles. The number of rotatable bonds is 4. The van der Waals surface area contributed by atoms with Crippen molar-refractivity contribution < 1.29 is 9.84 Å². The zero-order valence-electron chi connectivity index (χ0n) is 9.58. The predicted octanol–water partition coefficient (Wildman–Crippen LogP) is 2.16. The normalized spacial score (nSPS) is 12.5. The molecule has 0 saturated heterocycles. The highest BCUT2D eigenvalue weighted by atomic mass is 16.5. The molecule has 3 heteroatoms. The number of hydrogen-bond donors (Lipinski definition) is 2. The summed E-state index contributed by atoms with van der Waals surface area (Å²) in [5.74, 6) is 1.12. The van der Waals surface area contributed by atoms with E-state index < -0.39 is 0 Å². The number of aryl methyl sites for hydroxylation is 1. The Hall–Kier alpha value is -1.22. The van der Waals surface area contributed by atoms with Gasteiger partial charge in [-0.15, -0.1) is 0 Å². The maximum atomic E-state index is 9.84. The monoisotopic (exact) mass is 209 g/mol. The summed E-state index contributed by atoms with van der Waals surface area (Å²) in [4.78, 5) is 0. The van der Waals surface area contributed by atoms with Crippen LogP contribution in [0.5, 0.6) is 11.5 Å². The van der Waals surface area contributed by atoms with Crippen molar-refractivity contribution in [1.82, 2.24) is 0 Å². The summed E-state index contributed by atoms with van der Waals surface area (Å²) in [6, 6.07) is 3.90. The largest absolute Gasteiger partial charge is 0.504 e. The molecule has 0 bridgehead atoms. The van der Waals surface area contributed by atoms with Gasteiger partial charge in [0.25, 0.3) is 0 Å². The molecule has 1 atom stereocenters. The molecular weight excluding hydrogens is 190 g/mol. The Labute approximate surface area is 90.9 Å². The molecule has 3 nitrogen and oxygen atoms in total. The molecule has 0 heterocycles. The lowest BCUT2D eigenvalue weighted by molar-refractivity contribution is 0.364. The molecule has 84 valence electrons. The Morgan fingerprint density at radius 3 is 2.67 bits per heavy atom. The summed E-state index contributed by atoms with van der Waals surface area (Å²) in [7, 11) is 1.58. The second-order valence-corrected chi connectivity index (χ2v) is 3.83.